The highest BCUT2D eigenvalue weighted by atomic mass is 32.1. The topological polar surface area (TPSA) is 130 Å². The summed E-state index contributed by atoms with van der Waals surface area (Å²) in [6.07, 6.45) is 1.02. The van der Waals surface area contributed by atoms with Crippen LogP contribution >= 0.6 is 11.3 Å². The molecular formula is C25H33N5O4S. The predicted octanol–water partition coefficient (Wildman–Crippen LogP) is 1.87. The molecule has 10 heteroatoms. The van der Waals surface area contributed by atoms with E-state index in [0.29, 0.717) is 25.6 Å². The second kappa shape index (κ2) is 11.3. The van der Waals surface area contributed by atoms with Gasteiger partial charge in [-0.1, -0.05) is 24.3 Å². The van der Waals surface area contributed by atoms with Gasteiger partial charge in [0.05, 0.1) is 28.0 Å². The molecule has 2 amide bonds. The SMILES string of the molecule is Cc1ncsc1-c1ccc(CNC(=O)[C@@H]2C[C@@H](O)CN2C(=O)[C@H](C)N=C(N)C2CCOCC2)cc1. The molecule has 3 heterocycles. The first kappa shape index (κ1) is 25.3. The zero-order chi connectivity index (χ0) is 24.9. The molecule has 9 nitrogen and oxygen atoms in total. The number of aromatic nitrogens is 1. The molecular weight excluding hydrogens is 466 g/mol. The van der Waals surface area contributed by atoms with Crippen molar-refractivity contribution in [3.05, 3.63) is 41.0 Å². The Bertz CT molecular complexity index is 1060. The Morgan fingerprint density at radius 2 is 2.03 bits per heavy atom. The number of carbonyl (C=O) groups excluding carboxylic acids is 2. The van der Waals surface area contributed by atoms with Crippen LogP contribution < -0.4 is 11.1 Å². The average molecular weight is 500 g/mol. The van der Waals surface area contributed by atoms with Crippen LogP contribution in [-0.2, 0) is 20.9 Å². The maximum absolute atomic E-state index is 13.1. The van der Waals surface area contributed by atoms with E-state index in [0.717, 1.165) is 34.5 Å². The fraction of sp³-hybridized carbons (Fsp3) is 0.520. The molecule has 0 saturated carbocycles. The second-order valence-corrected chi connectivity index (χ2v) is 10.0. The first-order valence-electron chi connectivity index (χ1n) is 12.0. The van der Waals surface area contributed by atoms with E-state index in [1.165, 1.54) is 4.90 Å². The molecule has 0 unspecified atom stereocenters. The number of likely N-dealkylation sites (tertiary alicyclic amines) is 1. The molecule has 2 aliphatic heterocycles. The molecule has 3 atom stereocenters. The highest BCUT2D eigenvalue weighted by molar-refractivity contribution is 7.13. The molecule has 4 rings (SSSR count). The molecule has 2 aliphatic rings. The Morgan fingerprint density at radius 3 is 2.69 bits per heavy atom. The number of aliphatic imine (C=N–C) groups is 1. The number of nitrogens with two attached hydrogens (primary N) is 1. The minimum atomic E-state index is -0.749. The number of nitrogens with one attached hydrogen (secondary N) is 1. The summed E-state index contributed by atoms with van der Waals surface area (Å²) in [5.41, 5.74) is 11.0. The molecule has 1 aromatic heterocycles. The number of aryl methyl sites for hydroxylation is 1. The average Bonchev–Trinajstić information content (AvgIpc) is 3.48. The van der Waals surface area contributed by atoms with E-state index in [2.05, 4.69) is 15.3 Å². The van der Waals surface area contributed by atoms with Crippen LogP contribution in [0.5, 0.6) is 0 Å². The molecule has 2 fully saturated rings. The number of rotatable bonds is 7. The van der Waals surface area contributed by atoms with Crippen LogP contribution in [0.3, 0.4) is 0 Å². The number of ether oxygens (including phenoxy) is 1. The normalized spacial score (nSPS) is 22.3. The van der Waals surface area contributed by atoms with E-state index in [9.17, 15) is 14.7 Å². The van der Waals surface area contributed by atoms with E-state index in [1.807, 2.05) is 36.7 Å². The monoisotopic (exact) mass is 499 g/mol. The summed E-state index contributed by atoms with van der Waals surface area (Å²) in [5.74, 6) is -0.0349. The number of benzene rings is 1. The van der Waals surface area contributed by atoms with Crippen molar-refractivity contribution in [1.82, 2.24) is 15.2 Å². The number of aliphatic hydroxyl groups excluding tert-OH is 1. The number of β-amino-alcohol motifs (C(OH)–C–C–N with tert-alkyl or cyclic N) is 1. The van der Waals surface area contributed by atoms with Crippen molar-refractivity contribution in [1.29, 1.82) is 0 Å². The Labute approximate surface area is 209 Å². The number of amidine groups is 1. The third kappa shape index (κ3) is 6.06. The summed E-state index contributed by atoms with van der Waals surface area (Å²) in [6, 6.07) is 6.51. The highest BCUT2D eigenvalue weighted by Gasteiger charge is 2.40. The van der Waals surface area contributed by atoms with Gasteiger partial charge in [-0.15, -0.1) is 11.3 Å². The van der Waals surface area contributed by atoms with Gasteiger partial charge >= 0.3 is 0 Å². The molecule has 2 aromatic rings. The van der Waals surface area contributed by atoms with Gasteiger partial charge in [-0.2, -0.15) is 0 Å². The lowest BCUT2D eigenvalue weighted by Gasteiger charge is -2.26. The maximum atomic E-state index is 13.1. The first-order chi connectivity index (χ1) is 16.8. The van der Waals surface area contributed by atoms with Crippen LogP contribution in [0.4, 0.5) is 0 Å². The Balaban J connectivity index is 1.36. The summed E-state index contributed by atoms with van der Waals surface area (Å²) in [5, 5.41) is 13.1. The molecule has 0 radical (unpaired) electrons. The van der Waals surface area contributed by atoms with E-state index in [1.54, 1.807) is 18.3 Å². The van der Waals surface area contributed by atoms with E-state index in [4.69, 9.17) is 10.5 Å². The van der Waals surface area contributed by atoms with Crippen LogP contribution in [0.2, 0.25) is 0 Å². The standard InChI is InChI=1S/C25H33N5O4S/c1-15-22(35-14-28-15)18-5-3-17(4-6-18)12-27-24(32)21-11-20(31)13-30(21)25(33)16(2)29-23(26)19-7-9-34-10-8-19/h3-6,14,16,19-21,31H,7-13H2,1-2H3,(H2,26,29)(H,27,32)/t16-,20+,21-/m0/s1. The van der Waals surface area contributed by atoms with Crippen molar-refractivity contribution in [2.75, 3.05) is 19.8 Å². The van der Waals surface area contributed by atoms with Gasteiger partial charge in [0.2, 0.25) is 11.8 Å². The zero-order valence-corrected chi connectivity index (χ0v) is 21.0. The molecule has 0 bridgehead atoms. The molecule has 188 valence electrons. The van der Waals surface area contributed by atoms with E-state index >= 15 is 0 Å². The minimum absolute atomic E-state index is 0.105. The van der Waals surface area contributed by atoms with Crippen molar-refractivity contribution in [3.8, 4) is 10.4 Å². The van der Waals surface area contributed by atoms with Gasteiger partial charge in [-0.25, -0.2) is 4.98 Å². The largest absolute Gasteiger partial charge is 0.391 e. The number of aliphatic hydroxyl groups is 1. The highest BCUT2D eigenvalue weighted by Crippen LogP contribution is 2.27. The van der Waals surface area contributed by atoms with Gasteiger partial charge in [0.1, 0.15) is 12.1 Å². The second-order valence-electron chi connectivity index (χ2n) is 9.19. The number of nitrogens with zero attached hydrogens (tertiary/aromatic N) is 3. The predicted molar refractivity (Wildman–Crippen MR) is 135 cm³/mol. The maximum Gasteiger partial charge on any atom is 0.247 e. The van der Waals surface area contributed by atoms with Gasteiger partial charge in [0.15, 0.2) is 0 Å². The van der Waals surface area contributed by atoms with Crippen molar-refractivity contribution in [2.24, 2.45) is 16.6 Å². The third-order valence-corrected chi connectivity index (χ3v) is 7.61. The summed E-state index contributed by atoms with van der Waals surface area (Å²) >= 11 is 1.60. The number of thiazole rings is 1. The van der Waals surface area contributed by atoms with Gasteiger partial charge in [-0.05, 0) is 37.8 Å². The fourth-order valence-electron chi connectivity index (χ4n) is 4.58. The Kier molecular flexibility index (Phi) is 8.15. The summed E-state index contributed by atoms with van der Waals surface area (Å²) in [4.78, 5) is 37.4. The van der Waals surface area contributed by atoms with Gasteiger partial charge in [0.25, 0.3) is 0 Å². The molecule has 0 aliphatic carbocycles. The van der Waals surface area contributed by atoms with Crippen LogP contribution in [0.25, 0.3) is 10.4 Å². The van der Waals surface area contributed by atoms with Crippen molar-refractivity contribution in [2.45, 2.75) is 57.8 Å². The van der Waals surface area contributed by atoms with Gasteiger partial charge in [0, 0.05) is 38.6 Å². The number of carbonyl (C=O) groups is 2. The summed E-state index contributed by atoms with van der Waals surface area (Å²) in [6.45, 7) is 5.38. The quantitative estimate of drug-likeness (QED) is 0.394. The summed E-state index contributed by atoms with van der Waals surface area (Å²) < 4.78 is 5.36. The lowest BCUT2D eigenvalue weighted by atomic mass is 9.99. The lowest BCUT2D eigenvalue weighted by molar-refractivity contribution is -0.139. The molecule has 1 aromatic carbocycles. The number of amides is 2. The molecule has 4 N–H and O–H groups in total. The Morgan fingerprint density at radius 1 is 1.31 bits per heavy atom. The van der Waals surface area contributed by atoms with Crippen molar-refractivity contribution in [3.63, 3.8) is 0 Å². The van der Waals surface area contributed by atoms with Crippen molar-refractivity contribution < 1.29 is 19.4 Å². The Hall–Kier alpha value is -2.82. The summed E-state index contributed by atoms with van der Waals surface area (Å²) in [7, 11) is 0. The lowest BCUT2D eigenvalue weighted by Crippen LogP contribution is -2.48. The van der Waals surface area contributed by atoms with Crippen molar-refractivity contribution >= 4 is 29.0 Å². The smallest absolute Gasteiger partial charge is 0.247 e. The van der Waals surface area contributed by atoms with Gasteiger partial charge < -0.3 is 25.8 Å². The zero-order valence-electron chi connectivity index (χ0n) is 20.1. The molecule has 0 spiro atoms. The molecule has 2 saturated heterocycles. The molecule has 35 heavy (non-hydrogen) atoms. The number of hydrogen-bond acceptors (Lipinski definition) is 7. The van der Waals surface area contributed by atoms with Crippen LogP contribution in [0.15, 0.2) is 34.8 Å². The van der Waals surface area contributed by atoms with Crippen LogP contribution in [0.1, 0.15) is 37.4 Å². The first-order valence-corrected chi connectivity index (χ1v) is 12.9. The third-order valence-electron chi connectivity index (χ3n) is 6.63. The fourth-order valence-corrected chi connectivity index (χ4v) is 5.40. The van der Waals surface area contributed by atoms with Gasteiger partial charge in [-0.3, -0.25) is 14.6 Å². The number of hydrogen-bond donors (Lipinski definition) is 3. The van der Waals surface area contributed by atoms with E-state index < -0.39 is 18.2 Å². The van der Waals surface area contributed by atoms with E-state index in [-0.39, 0.29) is 30.7 Å². The van der Waals surface area contributed by atoms with Crippen LogP contribution in [0, 0.1) is 12.8 Å². The van der Waals surface area contributed by atoms with Crippen LogP contribution in [-0.4, -0.2) is 70.6 Å². The minimum Gasteiger partial charge on any atom is -0.391 e.